The van der Waals surface area contributed by atoms with Gasteiger partial charge in [-0.2, -0.15) is 4.68 Å². The standard InChI is InChI=1S/C18H17N5O4/c1-13-20-21-22-23(13)16(10-14-6-3-2-4-7-14)18(25)27-12-17(24)19-11-15-8-5-9-26-15/h2-10H,11-12H2,1H3,(H,19,24)/b16-10-. The fourth-order valence-electron chi connectivity index (χ4n) is 2.22. The number of carbonyl (C=O) groups is 2. The van der Waals surface area contributed by atoms with E-state index >= 15 is 0 Å². The molecule has 9 nitrogen and oxygen atoms in total. The molecule has 0 spiro atoms. The Labute approximate surface area is 154 Å². The summed E-state index contributed by atoms with van der Waals surface area (Å²) >= 11 is 0. The largest absolute Gasteiger partial charge is 0.467 e. The molecule has 0 unspecified atom stereocenters. The molecule has 1 amide bonds. The molecule has 0 aliphatic carbocycles. The second kappa shape index (κ2) is 8.56. The zero-order valence-corrected chi connectivity index (χ0v) is 14.5. The van der Waals surface area contributed by atoms with E-state index in [1.165, 1.54) is 10.9 Å². The lowest BCUT2D eigenvalue weighted by molar-refractivity contribution is -0.143. The molecule has 27 heavy (non-hydrogen) atoms. The zero-order chi connectivity index (χ0) is 19.1. The highest BCUT2D eigenvalue weighted by Crippen LogP contribution is 2.13. The summed E-state index contributed by atoms with van der Waals surface area (Å²) in [7, 11) is 0. The van der Waals surface area contributed by atoms with E-state index in [1.54, 1.807) is 25.1 Å². The van der Waals surface area contributed by atoms with Crippen LogP contribution < -0.4 is 5.32 Å². The van der Waals surface area contributed by atoms with Gasteiger partial charge in [0.05, 0.1) is 12.8 Å². The van der Waals surface area contributed by atoms with E-state index in [2.05, 4.69) is 20.8 Å². The van der Waals surface area contributed by atoms with Crippen molar-refractivity contribution in [2.24, 2.45) is 0 Å². The Hall–Kier alpha value is -3.75. The van der Waals surface area contributed by atoms with Crippen LogP contribution in [0, 0.1) is 6.92 Å². The molecule has 0 atom stereocenters. The van der Waals surface area contributed by atoms with E-state index in [4.69, 9.17) is 9.15 Å². The van der Waals surface area contributed by atoms with Crippen LogP contribution in [-0.4, -0.2) is 38.7 Å². The number of amides is 1. The summed E-state index contributed by atoms with van der Waals surface area (Å²) in [5.74, 6) is -0.158. The lowest BCUT2D eigenvalue weighted by atomic mass is 10.2. The van der Waals surface area contributed by atoms with Gasteiger partial charge in [-0.1, -0.05) is 30.3 Å². The average Bonchev–Trinajstić information content (AvgIpc) is 3.35. The van der Waals surface area contributed by atoms with Crippen LogP contribution in [-0.2, 0) is 20.9 Å². The molecule has 0 aliphatic heterocycles. The minimum absolute atomic E-state index is 0.0996. The van der Waals surface area contributed by atoms with Crippen molar-refractivity contribution in [1.82, 2.24) is 25.5 Å². The number of aromatic nitrogens is 4. The molecule has 1 aromatic carbocycles. The first kappa shape index (κ1) is 18.1. The lowest BCUT2D eigenvalue weighted by Gasteiger charge is -2.09. The van der Waals surface area contributed by atoms with Crippen molar-refractivity contribution in [3.63, 3.8) is 0 Å². The summed E-state index contributed by atoms with van der Waals surface area (Å²) < 4.78 is 11.5. The molecule has 0 saturated heterocycles. The van der Waals surface area contributed by atoms with Crippen molar-refractivity contribution < 1.29 is 18.7 Å². The molecule has 0 saturated carbocycles. The first-order valence-electron chi connectivity index (χ1n) is 8.12. The fourth-order valence-corrected chi connectivity index (χ4v) is 2.22. The van der Waals surface area contributed by atoms with E-state index in [0.717, 1.165) is 5.56 Å². The van der Waals surface area contributed by atoms with Crippen LogP contribution in [0.2, 0.25) is 0 Å². The Morgan fingerprint density at radius 1 is 1.22 bits per heavy atom. The number of aryl methyl sites for hydroxylation is 1. The summed E-state index contributed by atoms with van der Waals surface area (Å²) in [5.41, 5.74) is 0.865. The van der Waals surface area contributed by atoms with Crippen LogP contribution in [0.3, 0.4) is 0 Å². The molecular weight excluding hydrogens is 350 g/mol. The second-order valence-corrected chi connectivity index (χ2v) is 5.51. The number of nitrogens with one attached hydrogen (secondary N) is 1. The maximum Gasteiger partial charge on any atom is 0.357 e. The molecule has 3 aromatic rings. The first-order valence-corrected chi connectivity index (χ1v) is 8.12. The highest BCUT2D eigenvalue weighted by atomic mass is 16.5. The van der Waals surface area contributed by atoms with Gasteiger partial charge in [0.1, 0.15) is 5.76 Å². The van der Waals surface area contributed by atoms with Crippen molar-refractivity contribution in [3.05, 3.63) is 65.9 Å². The SMILES string of the molecule is Cc1nnnn1/C(=C\c1ccccc1)C(=O)OCC(=O)NCc1ccco1. The van der Waals surface area contributed by atoms with Gasteiger partial charge < -0.3 is 14.5 Å². The summed E-state index contributed by atoms with van der Waals surface area (Å²) in [6.07, 6.45) is 3.10. The maximum absolute atomic E-state index is 12.5. The smallest absolute Gasteiger partial charge is 0.357 e. The van der Waals surface area contributed by atoms with Crippen LogP contribution in [0.4, 0.5) is 0 Å². The van der Waals surface area contributed by atoms with Crippen LogP contribution in [0.5, 0.6) is 0 Å². The maximum atomic E-state index is 12.5. The number of tetrazole rings is 1. The number of benzene rings is 1. The lowest BCUT2D eigenvalue weighted by Crippen LogP contribution is -2.29. The number of esters is 1. The summed E-state index contributed by atoms with van der Waals surface area (Å²) in [6, 6.07) is 12.6. The Bertz CT molecular complexity index is 932. The van der Waals surface area contributed by atoms with Gasteiger partial charge in [-0.3, -0.25) is 4.79 Å². The van der Waals surface area contributed by atoms with Gasteiger partial charge in [0.2, 0.25) is 0 Å². The summed E-state index contributed by atoms with van der Waals surface area (Å²) in [5, 5.41) is 13.7. The monoisotopic (exact) mass is 367 g/mol. The molecule has 0 fully saturated rings. The Kier molecular flexibility index (Phi) is 5.73. The molecule has 0 bridgehead atoms. The van der Waals surface area contributed by atoms with Gasteiger partial charge in [0, 0.05) is 0 Å². The minimum atomic E-state index is -0.720. The van der Waals surface area contributed by atoms with Crippen LogP contribution >= 0.6 is 0 Å². The Balaban J connectivity index is 1.67. The van der Waals surface area contributed by atoms with Gasteiger partial charge in [0.15, 0.2) is 18.1 Å². The molecule has 9 heteroatoms. The number of nitrogens with zero attached hydrogens (tertiary/aromatic N) is 4. The van der Waals surface area contributed by atoms with E-state index in [9.17, 15) is 9.59 Å². The quantitative estimate of drug-likeness (QED) is 0.496. The van der Waals surface area contributed by atoms with Gasteiger partial charge in [-0.05, 0) is 41.1 Å². The van der Waals surface area contributed by atoms with Crippen molar-refractivity contribution in [3.8, 4) is 0 Å². The summed E-state index contributed by atoms with van der Waals surface area (Å²) in [4.78, 5) is 24.4. The van der Waals surface area contributed by atoms with Gasteiger partial charge in [-0.25, -0.2) is 4.79 Å². The second-order valence-electron chi connectivity index (χ2n) is 5.51. The van der Waals surface area contributed by atoms with Gasteiger partial charge in [0.25, 0.3) is 5.91 Å². The molecule has 138 valence electrons. The van der Waals surface area contributed by atoms with Crippen molar-refractivity contribution in [2.75, 3.05) is 6.61 Å². The molecule has 2 heterocycles. The molecular formula is C18H17N5O4. The predicted octanol–water partition coefficient (Wildman–Crippen LogP) is 1.43. The van der Waals surface area contributed by atoms with Crippen molar-refractivity contribution in [2.45, 2.75) is 13.5 Å². The Morgan fingerprint density at radius 2 is 2.04 bits per heavy atom. The van der Waals surface area contributed by atoms with Crippen LogP contribution in [0.15, 0.2) is 53.1 Å². The van der Waals surface area contributed by atoms with E-state index in [-0.39, 0.29) is 12.2 Å². The van der Waals surface area contributed by atoms with Gasteiger partial charge in [-0.15, -0.1) is 5.10 Å². The van der Waals surface area contributed by atoms with Gasteiger partial charge >= 0.3 is 5.97 Å². The number of ether oxygens (including phenoxy) is 1. The molecule has 0 aliphatic rings. The van der Waals surface area contributed by atoms with Crippen molar-refractivity contribution in [1.29, 1.82) is 0 Å². The number of rotatable bonds is 7. The third-order valence-corrected chi connectivity index (χ3v) is 3.54. The van der Waals surface area contributed by atoms with E-state index in [0.29, 0.717) is 11.6 Å². The number of hydrogen-bond acceptors (Lipinski definition) is 7. The molecule has 2 aromatic heterocycles. The zero-order valence-electron chi connectivity index (χ0n) is 14.5. The van der Waals surface area contributed by atoms with E-state index < -0.39 is 18.5 Å². The molecule has 1 N–H and O–H groups in total. The summed E-state index contributed by atoms with van der Waals surface area (Å²) in [6.45, 7) is 1.43. The first-order chi connectivity index (χ1) is 13.1. The van der Waals surface area contributed by atoms with Crippen molar-refractivity contribution >= 4 is 23.6 Å². The van der Waals surface area contributed by atoms with Crippen LogP contribution in [0.25, 0.3) is 11.8 Å². The fraction of sp³-hybridized carbons (Fsp3) is 0.167. The Morgan fingerprint density at radius 3 is 2.70 bits per heavy atom. The predicted molar refractivity (Wildman–Crippen MR) is 94.7 cm³/mol. The van der Waals surface area contributed by atoms with E-state index in [1.807, 2.05) is 30.3 Å². The minimum Gasteiger partial charge on any atom is -0.467 e. The van der Waals surface area contributed by atoms with Crippen LogP contribution in [0.1, 0.15) is 17.1 Å². The molecule has 3 rings (SSSR count). The average molecular weight is 367 g/mol. The topological polar surface area (TPSA) is 112 Å². The number of furan rings is 1. The third kappa shape index (κ3) is 4.88. The highest BCUT2D eigenvalue weighted by Gasteiger charge is 2.19. The molecule has 0 radical (unpaired) electrons. The normalized spacial score (nSPS) is 11.2. The number of hydrogen-bond donors (Lipinski definition) is 1. The number of carbonyl (C=O) groups excluding carboxylic acids is 2. The highest BCUT2D eigenvalue weighted by molar-refractivity contribution is 6.15. The third-order valence-electron chi connectivity index (χ3n) is 3.54.